The number of benzene rings is 1. The molecule has 8 heteroatoms. The van der Waals surface area contributed by atoms with E-state index in [2.05, 4.69) is 5.10 Å². The Balaban J connectivity index is 2.63. The Bertz CT molecular complexity index is 709. The lowest BCUT2D eigenvalue weighted by Gasteiger charge is -2.15. The van der Waals surface area contributed by atoms with Crippen LogP contribution in [0, 0.1) is 0 Å². The topological polar surface area (TPSA) is 81.2 Å². The number of anilines is 1. The molecule has 0 bridgehead atoms. The molecule has 0 amide bonds. The molecule has 0 aliphatic carbocycles. The maximum absolute atomic E-state index is 12.1. The van der Waals surface area contributed by atoms with Gasteiger partial charge in [0.15, 0.2) is 0 Å². The van der Waals surface area contributed by atoms with Gasteiger partial charge in [0, 0.05) is 20.3 Å². The third-order valence-electron chi connectivity index (χ3n) is 2.60. The highest BCUT2D eigenvalue weighted by atomic mass is 35.5. The van der Waals surface area contributed by atoms with Crippen molar-refractivity contribution in [2.24, 2.45) is 0 Å². The van der Waals surface area contributed by atoms with Crippen LogP contribution in [0.25, 0.3) is 5.69 Å². The molecule has 1 aromatic carbocycles. The summed E-state index contributed by atoms with van der Waals surface area (Å²) in [4.78, 5) is 0.0432. The van der Waals surface area contributed by atoms with Gasteiger partial charge in [0.1, 0.15) is 4.90 Å². The van der Waals surface area contributed by atoms with Gasteiger partial charge in [0.2, 0.25) is 10.0 Å². The molecule has 2 rings (SSSR count). The average Bonchev–Trinajstić information content (AvgIpc) is 2.75. The molecule has 0 radical (unpaired) electrons. The zero-order chi connectivity index (χ0) is 14.2. The van der Waals surface area contributed by atoms with Crippen LogP contribution in [0.4, 0.5) is 5.69 Å². The average molecular weight is 301 g/mol. The molecule has 19 heavy (non-hydrogen) atoms. The number of aromatic nitrogens is 2. The molecule has 0 spiro atoms. The summed E-state index contributed by atoms with van der Waals surface area (Å²) in [6.07, 6.45) is 3.01. The molecule has 0 saturated carbocycles. The first kappa shape index (κ1) is 13.9. The number of rotatable bonds is 3. The Morgan fingerprint density at radius 3 is 2.58 bits per heavy atom. The van der Waals surface area contributed by atoms with E-state index in [0.717, 1.165) is 4.31 Å². The summed E-state index contributed by atoms with van der Waals surface area (Å²) in [5.41, 5.74) is 6.54. The summed E-state index contributed by atoms with van der Waals surface area (Å²) in [7, 11) is -0.696. The largest absolute Gasteiger partial charge is 0.396 e. The minimum absolute atomic E-state index is 0.0432. The van der Waals surface area contributed by atoms with Crippen molar-refractivity contribution in [1.82, 2.24) is 14.1 Å². The predicted octanol–water partition coefficient (Wildman–Crippen LogP) is 1.36. The zero-order valence-electron chi connectivity index (χ0n) is 10.4. The van der Waals surface area contributed by atoms with E-state index in [-0.39, 0.29) is 10.6 Å². The van der Waals surface area contributed by atoms with E-state index >= 15 is 0 Å². The lowest BCUT2D eigenvalue weighted by molar-refractivity contribution is 0.521. The van der Waals surface area contributed by atoms with Crippen molar-refractivity contribution in [2.45, 2.75) is 4.90 Å². The number of nitrogens with zero attached hydrogens (tertiary/aromatic N) is 3. The van der Waals surface area contributed by atoms with Crippen molar-refractivity contribution >= 4 is 27.3 Å². The third kappa shape index (κ3) is 2.44. The van der Waals surface area contributed by atoms with E-state index in [1.165, 1.54) is 31.0 Å². The molecule has 102 valence electrons. The van der Waals surface area contributed by atoms with Gasteiger partial charge < -0.3 is 5.73 Å². The van der Waals surface area contributed by atoms with Crippen molar-refractivity contribution in [1.29, 1.82) is 0 Å². The van der Waals surface area contributed by atoms with Crippen molar-refractivity contribution in [3.8, 4) is 5.69 Å². The van der Waals surface area contributed by atoms with Gasteiger partial charge in [-0.25, -0.2) is 17.4 Å². The van der Waals surface area contributed by atoms with Crippen molar-refractivity contribution in [3.63, 3.8) is 0 Å². The number of hydrogen-bond acceptors (Lipinski definition) is 4. The van der Waals surface area contributed by atoms with Crippen LogP contribution < -0.4 is 5.73 Å². The molecule has 1 aromatic heterocycles. The van der Waals surface area contributed by atoms with Crippen LogP contribution in [-0.4, -0.2) is 36.6 Å². The Morgan fingerprint density at radius 2 is 2.05 bits per heavy atom. The number of nitrogens with two attached hydrogens (primary N) is 1. The molecule has 6 nitrogen and oxygen atoms in total. The quantitative estimate of drug-likeness (QED) is 0.868. The summed E-state index contributed by atoms with van der Waals surface area (Å²) in [5, 5.41) is 4.46. The zero-order valence-corrected chi connectivity index (χ0v) is 12.0. The van der Waals surface area contributed by atoms with E-state index in [1.54, 1.807) is 18.3 Å². The first-order valence-corrected chi connectivity index (χ1v) is 7.17. The number of nitrogen functional groups attached to an aromatic ring is 1. The van der Waals surface area contributed by atoms with Crippen molar-refractivity contribution < 1.29 is 8.42 Å². The minimum Gasteiger partial charge on any atom is -0.396 e. The maximum atomic E-state index is 12.1. The highest BCUT2D eigenvalue weighted by molar-refractivity contribution is 7.89. The van der Waals surface area contributed by atoms with Crippen molar-refractivity contribution in [2.75, 3.05) is 19.8 Å². The fourth-order valence-corrected chi connectivity index (χ4v) is 2.75. The Labute approximate surface area is 116 Å². The number of halogens is 1. The predicted molar refractivity (Wildman–Crippen MR) is 73.9 cm³/mol. The van der Waals surface area contributed by atoms with Crippen LogP contribution in [-0.2, 0) is 10.0 Å². The monoisotopic (exact) mass is 300 g/mol. The highest BCUT2D eigenvalue weighted by Gasteiger charge is 2.22. The van der Waals surface area contributed by atoms with Gasteiger partial charge in [-0.1, -0.05) is 17.7 Å². The van der Waals surface area contributed by atoms with Crippen LogP contribution in [0.5, 0.6) is 0 Å². The Hall–Kier alpha value is -1.57. The first-order chi connectivity index (χ1) is 8.84. The van der Waals surface area contributed by atoms with Crippen LogP contribution >= 0.6 is 11.6 Å². The fraction of sp³-hybridized carbons (Fsp3) is 0.182. The first-order valence-electron chi connectivity index (χ1n) is 5.35. The Kier molecular flexibility index (Phi) is 3.53. The molecule has 0 atom stereocenters. The summed E-state index contributed by atoms with van der Waals surface area (Å²) >= 11 is 5.79. The molecular weight excluding hydrogens is 288 g/mol. The normalized spacial score (nSPS) is 12.0. The standard InChI is InChI=1S/C11H13ClN4O2S/c1-15(2)19(17,18)10-5-3-4-9(11(10)13)16-7-8(12)6-14-16/h3-7H,13H2,1-2H3. The molecule has 0 fully saturated rings. The minimum atomic E-state index is -3.60. The van der Waals surface area contributed by atoms with Gasteiger partial charge in [-0.3, -0.25) is 0 Å². The van der Waals surface area contributed by atoms with Crippen LogP contribution in [0.2, 0.25) is 5.02 Å². The van der Waals surface area contributed by atoms with Crippen molar-refractivity contribution in [3.05, 3.63) is 35.6 Å². The second-order valence-corrected chi connectivity index (χ2v) is 6.64. The maximum Gasteiger partial charge on any atom is 0.244 e. The second kappa shape index (κ2) is 4.84. The van der Waals surface area contributed by atoms with E-state index in [0.29, 0.717) is 10.7 Å². The SMILES string of the molecule is CN(C)S(=O)(=O)c1cccc(-n2cc(Cl)cn2)c1N. The molecule has 2 N–H and O–H groups in total. The summed E-state index contributed by atoms with van der Waals surface area (Å²) < 4.78 is 26.8. The lowest BCUT2D eigenvalue weighted by atomic mass is 10.3. The van der Waals surface area contributed by atoms with E-state index in [9.17, 15) is 8.42 Å². The summed E-state index contributed by atoms with van der Waals surface area (Å²) in [6, 6.07) is 4.74. The lowest BCUT2D eigenvalue weighted by Crippen LogP contribution is -2.23. The van der Waals surface area contributed by atoms with Crippen LogP contribution in [0.15, 0.2) is 35.5 Å². The fourth-order valence-electron chi connectivity index (χ4n) is 1.59. The number of sulfonamides is 1. The summed E-state index contributed by atoms with van der Waals surface area (Å²) in [6.45, 7) is 0. The van der Waals surface area contributed by atoms with Gasteiger partial charge in [-0.2, -0.15) is 5.10 Å². The molecule has 2 aromatic rings. The smallest absolute Gasteiger partial charge is 0.244 e. The van der Waals surface area contributed by atoms with E-state index in [1.807, 2.05) is 0 Å². The molecular formula is C11H13ClN4O2S. The summed E-state index contributed by atoms with van der Waals surface area (Å²) in [5.74, 6) is 0. The molecule has 0 unspecified atom stereocenters. The van der Waals surface area contributed by atoms with E-state index in [4.69, 9.17) is 17.3 Å². The molecule has 0 aliphatic heterocycles. The van der Waals surface area contributed by atoms with Crippen LogP contribution in [0.3, 0.4) is 0 Å². The van der Waals surface area contributed by atoms with E-state index < -0.39 is 10.0 Å². The molecule has 1 heterocycles. The van der Waals surface area contributed by atoms with Gasteiger partial charge in [0.25, 0.3) is 0 Å². The van der Waals surface area contributed by atoms with Crippen LogP contribution in [0.1, 0.15) is 0 Å². The van der Waals surface area contributed by atoms with Gasteiger partial charge in [0.05, 0.1) is 22.6 Å². The number of hydrogen-bond donors (Lipinski definition) is 1. The highest BCUT2D eigenvalue weighted by Crippen LogP contribution is 2.27. The number of para-hydroxylation sites is 1. The second-order valence-electron chi connectivity index (χ2n) is 4.08. The third-order valence-corrected chi connectivity index (χ3v) is 4.67. The van der Waals surface area contributed by atoms with Gasteiger partial charge >= 0.3 is 0 Å². The molecule has 0 saturated heterocycles. The van der Waals surface area contributed by atoms with Gasteiger partial charge in [-0.05, 0) is 12.1 Å². The van der Waals surface area contributed by atoms with Gasteiger partial charge in [-0.15, -0.1) is 0 Å². The molecule has 0 aliphatic rings. The Morgan fingerprint density at radius 1 is 1.37 bits per heavy atom.